The van der Waals surface area contributed by atoms with Crippen molar-refractivity contribution in [1.82, 2.24) is 4.72 Å². The molecule has 1 saturated carbocycles. The van der Waals surface area contributed by atoms with Gasteiger partial charge in [-0.05, 0) is 70.3 Å². The summed E-state index contributed by atoms with van der Waals surface area (Å²) in [5, 5.41) is 9.54. The first-order valence-corrected chi connectivity index (χ1v) is 12.1. The predicted octanol–water partition coefficient (Wildman–Crippen LogP) is 4.77. The van der Waals surface area contributed by atoms with E-state index < -0.39 is 18.7 Å². The lowest BCUT2D eigenvalue weighted by Crippen LogP contribution is -2.29. The third kappa shape index (κ3) is 7.45. The molecule has 2 aliphatic rings. The third-order valence-electron chi connectivity index (χ3n) is 5.80. The number of halogens is 4. The summed E-state index contributed by atoms with van der Waals surface area (Å²) < 4.78 is 41.7. The lowest BCUT2D eigenvalue weighted by molar-refractivity contribution is -0.185. The van der Waals surface area contributed by atoms with Crippen molar-refractivity contribution in [2.75, 3.05) is 13.2 Å². The van der Waals surface area contributed by atoms with E-state index in [1.165, 1.54) is 25.7 Å². The maximum atomic E-state index is 12.7. The monoisotopic (exact) mass is 448 g/mol. The fraction of sp³-hybridized carbons (Fsp3) is 1.00. The second kappa shape index (κ2) is 11.2. The van der Waals surface area contributed by atoms with Crippen molar-refractivity contribution in [1.29, 1.82) is 0 Å². The highest BCUT2D eigenvalue weighted by Crippen LogP contribution is 2.48. The molecule has 2 rings (SSSR count). The zero-order valence-corrected chi connectivity index (χ0v) is 18.1. The molecule has 2 fully saturated rings. The molecule has 9 heteroatoms. The Morgan fingerprint density at radius 2 is 1.93 bits per heavy atom. The second-order valence-electron chi connectivity index (χ2n) is 7.93. The molecule has 0 radical (unpaired) electrons. The van der Waals surface area contributed by atoms with Crippen LogP contribution in [0.15, 0.2) is 0 Å². The van der Waals surface area contributed by atoms with Crippen LogP contribution in [-0.2, 0) is 0 Å². The standard InChI is InChI=1S/C18H32ClF3N2OS2/c1-11(2-7-14(10-25)18(20,21)22)24-27-16-8-15(19)17(26-16)13-5-3-12(9-23)4-6-13/h11-17,24-25H,2-10,23H2,1H3. The van der Waals surface area contributed by atoms with Crippen molar-refractivity contribution in [2.24, 2.45) is 23.5 Å². The molecule has 0 bridgehead atoms. The number of alkyl halides is 4. The first-order chi connectivity index (χ1) is 12.7. The Hall–Kier alpha value is 0.660. The van der Waals surface area contributed by atoms with Gasteiger partial charge in [0.2, 0.25) is 0 Å². The number of aliphatic hydroxyl groups excluding tert-OH is 1. The van der Waals surface area contributed by atoms with Crippen LogP contribution in [0.5, 0.6) is 0 Å². The smallest absolute Gasteiger partial charge is 0.394 e. The highest BCUT2D eigenvalue weighted by atomic mass is 35.5. The summed E-state index contributed by atoms with van der Waals surface area (Å²) in [6.07, 6.45) is 1.70. The van der Waals surface area contributed by atoms with Gasteiger partial charge in [-0.1, -0.05) is 11.9 Å². The Morgan fingerprint density at radius 1 is 1.26 bits per heavy atom. The average molecular weight is 449 g/mol. The van der Waals surface area contributed by atoms with Gasteiger partial charge in [-0.2, -0.15) is 13.2 Å². The van der Waals surface area contributed by atoms with E-state index in [0.29, 0.717) is 28.1 Å². The molecule has 1 aliphatic heterocycles. The maximum absolute atomic E-state index is 12.7. The molecule has 0 aromatic rings. The normalized spacial score (nSPS) is 34.6. The van der Waals surface area contributed by atoms with Gasteiger partial charge in [0, 0.05) is 16.7 Å². The number of hydrogen-bond acceptors (Lipinski definition) is 5. The second-order valence-corrected chi connectivity index (χ2v) is 11.2. The first-order valence-electron chi connectivity index (χ1n) is 9.82. The van der Waals surface area contributed by atoms with Gasteiger partial charge < -0.3 is 10.8 Å². The van der Waals surface area contributed by atoms with Gasteiger partial charge in [0.05, 0.1) is 17.1 Å². The molecule has 1 saturated heterocycles. The van der Waals surface area contributed by atoms with Crippen molar-refractivity contribution < 1.29 is 18.3 Å². The summed E-state index contributed by atoms with van der Waals surface area (Å²) in [5.74, 6) is -0.318. The van der Waals surface area contributed by atoms with Gasteiger partial charge in [-0.25, -0.2) is 0 Å². The lowest BCUT2D eigenvalue weighted by atomic mass is 9.79. The number of hydrogen-bond donors (Lipinski definition) is 3. The quantitative estimate of drug-likeness (QED) is 0.350. The number of rotatable bonds is 9. The minimum atomic E-state index is -4.33. The van der Waals surface area contributed by atoms with Crippen molar-refractivity contribution >= 4 is 35.3 Å². The van der Waals surface area contributed by atoms with E-state index in [2.05, 4.69) is 4.72 Å². The van der Waals surface area contributed by atoms with Gasteiger partial charge in [0.15, 0.2) is 0 Å². The van der Waals surface area contributed by atoms with Crippen LogP contribution in [0.25, 0.3) is 0 Å². The van der Waals surface area contributed by atoms with E-state index in [1.807, 2.05) is 18.7 Å². The molecule has 0 aromatic carbocycles. The molecule has 27 heavy (non-hydrogen) atoms. The van der Waals surface area contributed by atoms with Crippen molar-refractivity contribution in [3.63, 3.8) is 0 Å². The molecule has 160 valence electrons. The Morgan fingerprint density at radius 3 is 2.48 bits per heavy atom. The maximum Gasteiger partial charge on any atom is 0.394 e. The van der Waals surface area contributed by atoms with Crippen LogP contribution in [-0.4, -0.2) is 45.7 Å². The fourth-order valence-electron chi connectivity index (χ4n) is 3.93. The molecule has 0 spiro atoms. The average Bonchev–Trinajstić information content (AvgIpc) is 3.00. The zero-order chi connectivity index (χ0) is 20.0. The Balaban J connectivity index is 1.69. The molecule has 1 aliphatic carbocycles. The van der Waals surface area contributed by atoms with Crippen molar-refractivity contribution in [3.8, 4) is 0 Å². The van der Waals surface area contributed by atoms with E-state index in [-0.39, 0.29) is 17.8 Å². The number of thioether (sulfide) groups is 1. The molecule has 4 N–H and O–H groups in total. The van der Waals surface area contributed by atoms with Gasteiger partial charge in [-0.3, -0.25) is 4.72 Å². The van der Waals surface area contributed by atoms with Crippen LogP contribution in [0, 0.1) is 17.8 Å². The number of nitrogens with two attached hydrogens (primary N) is 1. The van der Waals surface area contributed by atoms with E-state index in [9.17, 15) is 13.2 Å². The molecule has 3 nitrogen and oxygen atoms in total. The highest BCUT2D eigenvalue weighted by Gasteiger charge is 2.41. The van der Waals surface area contributed by atoms with E-state index >= 15 is 0 Å². The summed E-state index contributed by atoms with van der Waals surface area (Å²) in [7, 11) is 0. The highest BCUT2D eigenvalue weighted by molar-refractivity contribution is 8.16. The molecule has 0 amide bonds. The summed E-state index contributed by atoms with van der Waals surface area (Å²) in [6, 6.07) is -0.0418. The molecule has 0 aromatic heterocycles. The topological polar surface area (TPSA) is 58.3 Å². The number of aliphatic hydroxyl groups is 1. The minimum absolute atomic E-state index is 0.0418. The molecule has 5 unspecified atom stereocenters. The van der Waals surface area contributed by atoms with Gasteiger partial charge in [-0.15, -0.1) is 23.4 Å². The zero-order valence-electron chi connectivity index (χ0n) is 15.8. The molecular weight excluding hydrogens is 417 g/mol. The van der Waals surface area contributed by atoms with Crippen LogP contribution < -0.4 is 10.5 Å². The summed E-state index contributed by atoms with van der Waals surface area (Å²) in [6.45, 7) is 1.83. The van der Waals surface area contributed by atoms with Gasteiger partial charge in [0.1, 0.15) is 0 Å². The van der Waals surface area contributed by atoms with Gasteiger partial charge >= 0.3 is 6.18 Å². The first kappa shape index (κ1) is 23.9. The van der Waals surface area contributed by atoms with Crippen LogP contribution in [0.3, 0.4) is 0 Å². The Bertz CT molecular complexity index is 439. The van der Waals surface area contributed by atoms with E-state index in [0.717, 1.165) is 13.0 Å². The largest absolute Gasteiger partial charge is 0.396 e. The SMILES string of the molecule is CC(CCC(CO)C(F)(F)F)NSC1CC(Cl)C(C2CCC(CN)CC2)S1. The summed E-state index contributed by atoms with van der Waals surface area (Å²) in [5.41, 5.74) is 5.78. The van der Waals surface area contributed by atoms with E-state index in [1.54, 1.807) is 11.9 Å². The van der Waals surface area contributed by atoms with Crippen molar-refractivity contribution in [2.45, 2.75) is 79.3 Å². The van der Waals surface area contributed by atoms with Gasteiger partial charge in [0.25, 0.3) is 0 Å². The van der Waals surface area contributed by atoms with Crippen LogP contribution in [0.2, 0.25) is 0 Å². The van der Waals surface area contributed by atoms with Crippen LogP contribution >= 0.6 is 35.3 Å². The Kier molecular flexibility index (Phi) is 9.89. The molecule has 5 atom stereocenters. The van der Waals surface area contributed by atoms with E-state index in [4.69, 9.17) is 22.4 Å². The summed E-state index contributed by atoms with van der Waals surface area (Å²) in [4.78, 5) is 0. The van der Waals surface area contributed by atoms with Crippen molar-refractivity contribution in [3.05, 3.63) is 0 Å². The lowest BCUT2D eigenvalue weighted by Gasteiger charge is -2.32. The Labute approximate surface area is 174 Å². The predicted molar refractivity (Wildman–Crippen MR) is 110 cm³/mol. The minimum Gasteiger partial charge on any atom is -0.396 e. The van der Waals surface area contributed by atoms with Crippen LogP contribution in [0.4, 0.5) is 13.2 Å². The third-order valence-corrected chi connectivity index (χ3v) is 9.54. The molecule has 1 heterocycles. The summed E-state index contributed by atoms with van der Waals surface area (Å²) >= 11 is 10.2. The van der Waals surface area contributed by atoms with Crippen LogP contribution in [0.1, 0.15) is 51.9 Å². The fourth-order valence-corrected chi connectivity index (χ4v) is 7.73. The number of nitrogens with one attached hydrogen (secondary N) is 1. The molecular formula is C18H32ClF3N2OS2.